The molecule has 27 heavy (non-hydrogen) atoms. The molecule has 1 unspecified atom stereocenters. The highest BCUT2D eigenvalue weighted by Crippen LogP contribution is 2.25. The summed E-state index contributed by atoms with van der Waals surface area (Å²) >= 11 is 0. The molecular formula is C19H20F2N2O3S. The third-order valence-electron chi connectivity index (χ3n) is 4.65. The summed E-state index contributed by atoms with van der Waals surface area (Å²) in [5, 5.41) is 2.75. The van der Waals surface area contributed by atoms with Crippen LogP contribution in [0.4, 0.5) is 14.5 Å². The van der Waals surface area contributed by atoms with Crippen molar-refractivity contribution in [3.8, 4) is 0 Å². The van der Waals surface area contributed by atoms with Crippen molar-refractivity contribution in [2.24, 2.45) is 5.92 Å². The van der Waals surface area contributed by atoms with Crippen molar-refractivity contribution >= 4 is 21.6 Å². The Bertz CT molecular complexity index is 946. The molecule has 144 valence electrons. The lowest BCUT2D eigenvalue weighted by atomic mass is 9.98. The van der Waals surface area contributed by atoms with E-state index in [-0.39, 0.29) is 23.2 Å². The number of benzene rings is 2. The van der Waals surface area contributed by atoms with Crippen LogP contribution in [0.3, 0.4) is 0 Å². The zero-order chi connectivity index (χ0) is 19.6. The first-order chi connectivity index (χ1) is 12.8. The highest BCUT2D eigenvalue weighted by atomic mass is 32.2. The molecule has 3 rings (SSSR count). The first kappa shape index (κ1) is 19.4. The Morgan fingerprint density at radius 2 is 1.78 bits per heavy atom. The Labute approximate surface area is 157 Å². The molecule has 0 radical (unpaired) electrons. The minimum Gasteiger partial charge on any atom is -0.326 e. The number of anilines is 1. The molecule has 1 heterocycles. The van der Waals surface area contributed by atoms with Crippen LogP contribution in [-0.4, -0.2) is 31.7 Å². The van der Waals surface area contributed by atoms with Crippen molar-refractivity contribution in [2.75, 3.05) is 18.4 Å². The Hall–Kier alpha value is -2.32. The number of nitrogens with one attached hydrogen (secondary N) is 1. The summed E-state index contributed by atoms with van der Waals surface area (Å²) < 4.78 is 53.0. The van der Waals surface area contributed by atoms with Crippen LogP contribution in [-0.2, 0) is 14.8 Å². The predicted octanol–water partition coefficient (Wildman–Crippen LogP) is 3.31. The zero-order valence-electron chi connectivity index (χ0n) is 14.8. The lowest BCUT2D eigenvalue weighted by Crippen LogP contribution is -2.43. The van der Waals surface area contributed by atoms with Crippen molar-refractivity contribution in [3.63, 3.8) is 0 Å². The van der Waals surface area contributed by atoms with Crippen molar-refractivity contribution in [1.82, 2.24) is 4.31 Å². The number of rotatable bonds is 4. The largest absolute Gasteiger partial charge is 0.326 e. The van der Waals surface area contributed by atoms with Gasteiger partial charge in [-0.3, -0.25) is 4.79 Å². The van der Waals surface area contributed by atoms with E-state index in [0.717, 1.165) is 12.1 Å². The van der Waals surface area contributed by atoms with E-state index in [2.05, 4.69) is 5.32 Å². The van der Waals surface area contributed by atoms with E-state index in [1.54, 1.807) is 6.92 Å². The Balaban J connectivity index is 1.73. The summed E-state index contributed by atoms with van der Waals surface area (Å²) in [5.74, 6) is -1.72. The van der Waals surface area contributed by atoms with Crippen molar-refractivity contribution in [3.05, 3.63) is 59.7 Å². The van der Waals surface area contributed by atoms with Crippen LogP contribution in [0.2, 0.25) is 0 Å². The maximum absolute atomic E-state index is 13.2. The van der Waals surface area contributed by atoms with E-state index >= 15 is 0 Å². The van der Waals surface area contributed by atoms with Crippen LogP contribution >= 0.6 is 0 Å². The van der Waals surface area contributed by atoms with Gasteiger partial charge in [0.05, 0.1) is 10.8 Å². The molecule has 1 atom stereocenters. The number of carbonyl (C=O) groups is 1. The van der Waals surface area contributed by atoms with E-state index in [4.69, 9.17) is 0 Å². The van der Waals surface area contributed by atoms with Crippen LogP contribution in [0.1, 0.15) is 18.4 Å². The van der Waals surface area contributed by atoms with Crippen LogP contribution in [0.25, 0.3) is 0 Å². The highest BCUT2D eigenvalue weighted by Gasteiger charge is 2.33. The van der Waals surface area contributed by atoms with Crippen molar-refractivity contribution < 1.29 is 22.0 Å². The van der Waals surface area contributed by atoms with Gasteiger partial charge in [0.1, 0.15) is 11.6 Å². The standard InChI is InChI=1S/C19H20F2N2O3S/c1-13-11-16(21)6-9-18(13)22-19(24)14-3-2-10-23(12-14)27(25,26)17-7-4-15(20)5-8-17/h4-9,11,14H,2-3,10,12H2,1H3,(H,22,24). The molecule has 2 aromatic rings. The van der Waals surface area contributed by atoms with Gasteiger partial charge in [-0.25, -0.2) is 17.2 Å². The molecule has 8 heteroatoms. The Morgan fingerprint density at radius 1 is 1.11 bits per heavy atom. The zero-order valence-corrected chi connectivity index (χ0v) is 15.6. The number of sulfonamides is 1. The second-order valence-corrected chi connectivity index (χ2v) is 8.54. The molecule has 0 saturated carbocycles. The number of aryl methyl sites for hydroxylation is 1. The molecule has 2 aromatic carbocycles. The van der Waals surface area contributed by atoms with Gasteiger partial charge in [-0.2, -0.15) is 4.31 Å². The number of nitrogens with zero attached hydrogens (tertiary/aromatic N) is 1. The van der Waals surface area contributed by atoms with E-state index in [9.17, 15) is 22.0 Å². The number of amides is 1. The number of halogens is 2. The Morgan fingerprint density at radius 3 is 2.44 bits per heavy atom. The van der Waals surface area contributed by atoms with E-state index in [1.165, 1.54) is 34.6 Å². The number of carbonyl (C=O) groups excluding carboxylic acids is 1. The average molecular weight is 394 g/mol. The summed E-state index contributed by atoms with van der Waals surface area (Å²) in [4.78, 5) is 12.6. The van der Waals surface area contributed by atoms with Gasteiger partial charge < -0.3 is 5.32 Å². The smallest absolute Gasteiger partial charge is 0.243 e. The fraction of sp³-hybridized carbons (Fsp3) is 0.316. The second-order valence-electron chi connectivity index (χ2n) is 6.60. The van der Waals surface area contributed by atoms with Crippen molar-refractivity contribution in [1.29, 1.82) is 0 Å². The molecule has 5 nitrogen and oxygen atoms in total. The Kier molecular flexibility index (Phi) is 5.57. The minimum atomic E-state index is -3.79. The fourth-order valence-electron chi connectivity index (χ4n) is 3.13. The maximum atomic E-state index is 13.2. The fourth-order valence-corrected chi connectivity index (χ4v) is 4.66. The first-order valence-electron chi connectivity index (χ1n) is 8.60. The summed E-state index contributed by atoms with van der Waals surface area (Å²) in [6, 6.07) is 8.69. The van der Waals surface area contributed by atoms with Gasteiger partial charge in [-0.05, 0) is 67.8 Å². The van der Waals surface area contributed by atoms with Crippen molar-refractivity contribution in [2.45, 2.75) is 24.7 Å². The second kappa shape index (κ2) is 7.74. The summed E-state index contributed by atoms with van der Waals surface area (Å²) in [6.07, 6.45) is 1.10. The number of piperidine rings is 1. The molecule has 0 aliphatic carbocycles. The molecule has 1 N–H and O–H groups in total. The molecule has 0 aromatic heterocycles. The molecule has 0 spiro atoms. The lowest BCUT2D eigenvalue weighted by Gasteiger charge is -2.31. The predicted molar refractivity (Wildman–Crippen MR) is 97.6 cm³/mol. The van der Waals surface area contributed by atoms with E-state index < -0.39 is 21.8 Å². The third kappa shape index (κ3) is 4.33. The van der Waals surface area contributed by atoms with Gasteiger partial charge in [0.15, 0.2) is 0 Å². The molecular weight excluding hydrogens is 374 g/mol. The molecule has 1 aliphatic heterocycles. The monoisotopic (exact) mass is 394 g/mol. The first-order valence-corrected chi connectivity index (χ1v) is 10.0. The van der Waals surface area contributed by atoms with Gasteiger partial charge in [0, 0.05) is 18.8 Å². The lowest BCUT2D eigenvalue weighted by molar-refractivity contribution is -0.120. The van der Waals surface area contributed by atoms with Gasteiger partial charge in [-0.15, -0.1) is 0 Å². The van der Waals surface area contributed by atoms with Gasteiger partial charge in [-0.1, -0.05) is 0 Å². The quantitative estimate of drug-likeness (QED) is 0.865. The maximum Gasteiger partial charge on any atom is 0.243 e. The molecule has 0 bridgehead atoms. The van der Waals surface area contributed by atoms with Crippen LogP contribution in [0, 0.1) is 24.5 Å². The highest BCUT2D eigenvalue weighted by molar-refractivity contribution is 7.89. The van der Waals surface area contributed by atoms with Gasteiger partial charge in [0.2, 0.25) is 15.9 Å². The van der Waals surface area contributed by atoms with Crippen LogP contribution < -0.4 is 5.32 Å². The van der Waals surface area contributed by atoms with E-state index in [0.29, 0.717) is 30.6 Å². The number of hydrogen-bond donors (Lipinski definition) is 1. The van der Waals surface area contributed by atoms with Crippen LogP contribution in [0.15, 0.2) is 47.4 Å². The molecule has 1 aliphatic rings. The topological polar surface area (TPSA) is 66.5 Å². The molecule has 1 amide bonds. The number of hydrogen-bond acceptors (Lipinski definition) is 3. The summed E-state index contributed by atoms with van der Waals surface area (Å²) in [6.45, 7) is 2.04. The van der Waals surface area contributed by atoms with Gasteiger partial charge >= 0.3 is 0 Å². The third-order valence-corrected chi connectivity index (χ3v) is 6.53. The normalized spacial score (nSPS) is 18.3. The molecule has 1 saturated heterocycles. The minimum absolute atomic E-state index is 0.000614. The van der Waals surface area contributed by atoms with E-state index in [1.807, 2.05) is 0 Å². The van der Waals surface area contributed by atoms with Crippen LogP contribution in [0.5, 0.6) is 0 Å². The summed E-state index contributed by atoms with van der Waals surface area (Å²) in [5.41, 5.74) is 1.09. The van der Waals surface area contributed by atoms with Gasteiger partial charge in [0.25, 0.3) is 0 Å². The molecule has 1 fully saturated rings. The average Bonchev–Trinajstić information content (AvgIpc) is 2.64. The SMILES string of the molecule is Cc1cc(F)ccc1NC(=O)C1CCCN(S(=O)(=O)c2ccc(F)cc2)C1. The summed E-state index contributed by atoms with van der Waals surface area (Å²) in [7, 11) is -3.79.